The van der Waals surface area contributed by atoms with Crippen LogP contribution >= 0.6 is 34.7 Å². The predicted octanol–water partition coefficient (Wildman–Crippen LogP) is 13.6. The van der Waals surface area contributed by atoms with Crippen molar-refractivity contribution in [2.24, 2.45) is 10.9 Å². The number of oxime groups is 1. The Kier molecular flexibility index (Phi) is 16.6. The number of carbonyl (C=O) groups excluding carboxylic acids is 3. The zero-order valence-electron chi connectivity index (χ0n) is 45.8. The van der Waals surface area contributed by atoms with Gasteiger partial charge in [0.1, 0.15) is 27.3 Å². The predicted molar refractivity (Wildman–Crippen MR) is 334 cm³/mol. The average Bonchev–Trinajstić information content (AvgIpc) is 2.80. The molecular weight excluding hydrogens is 1120 g/mol. The number of ether oxygens (including phenoxy) is 1. The van der Waals surface area contributed by atoms with E-state index in [1.54, 1.807) is 12.3 Å². The van der Waals surface area contributed by atoms with Gasteiger partial charge in [-0.15, -0.1) is 0 Å². The van der Waals surface area contributed by atoms with Crippen molar-refractivity contribution in [3.05, 3.63) is 332 Å². The number of thiazole rings is 1. The lowest BCUT2D eigenvalue weighted by molar-refractivity contribution is -0.158. The number of β-lactam (4-membered cyclic amide) rings is 1. The highest BCUT2D eigenvalue weighted by atomic mass is 35.5. The van der Waals surface area contributed by atoms with Gasteiger partial charge in [-0.3, -0.25) is 19.5 Å². The molecule has 12 rings (SSSR count). The second kappa shape index (κ2) is 25.2. The van der Waals surface area contributed by atoms with Gasteiger partial charge in [-0.2, -0.15) is 0 Å². The largest absolute Gasteiger partial charge is 0.448 e. The number of halogens is 1. The number of esters is 1. The van der Waals surface area contributed by atoms with E-state index >= 15 is 14.4 Å². The molecule has 2 aliphatic rings. The van der Waals surface area contributed by atoms with Crippen LogP contribution in [0.25, 0.3) is 0 Å². The van der Waals surface area contributed by atoms with Crippen LogP contribution in [-0.2, 0) is 41.6 Å². The zero-order valence-corrected chi connectivity index (χ0v) is 48.2. The Bertz CT molecular complexity index is 3780. The molecule has 2 aliphatic heterocycles. The van der Waals surface area contributed by atoms with Gasteiger partial charge < -0.3 is 25.9 Å². The normalized spacial score (nSPS) is 15.2. The summed E-state index contributed by atoms with van der Waals surface area (Å²) in [6.45, 7) is 0.158. The van der Waals surface area contributed by atoms with Crippen molar-refractivity contribution in [2.45, 2.75) is 53.6 Å². The van der Waals surface area contributed by atoms with E-state index in [9.17, 15) is 0 Å². The first-order valence-corrected chi connectivity index (χ1v) is 29.8. The molecule has 0 unspecified atom stereocenters. The summed E-state index contributed by atoms with van der Waals surface area (Å²) in [6.07, 6.45) is 1.59. The Morgan fingerprint density at radius 1 is 0.659 bits per heavy atom. The number of rotatable bonds is 20. The van der Waals surface area contributed by atoms with Gasteiger partial charge in [-0.25, -0.2) is 9.78 Å². The number of nitrogens with zero attached hydrogens (tertiary/aromatic N) is 4. The van der Waals surface area contributed by atoms with Crippen LogP contribution in [0, 0.1) is 0 Å². The minimum atomic E-state index is -1.43. The summed E-state index contributed by atoms with van der Waals surface area (Å²) in [5.41, 5.74) is 10.6. The molecule has 10 aromatic rings. The van der Waals surface area contributed by atoms with Crippen LogP contribution < -0.4 is 16.4 Å². The Morgan fingerprint density at radius 2 is 1.12 bits per heavy atom. The van der Waals surface area contributed by atoms with E-state index in [0.717, 1.165) is 60.7 Å². The summed E-state index contributed by atoms with van der Waals surface area (Å²) in [7, 11) is 0. The van der Waals surface area contributed by atoms with E-state index in [2.05, 4.69) is 52.0 Å². The average molecular weight is 1170 g/mol. The van der Waals surface area contributed by atoms with Crippen LogP contribution in [0.4, 0.5) is 5.13 Å². The third kappa shape index (κ3) is 11.2. The maximum Gasteiger partial charge on any atom is 0.356 e. The lowest BCUT2D eigenvalue weighted by Crippen LogP contribution is -2.72. The van der Waals surface area contributed by atoms with Gasteiger partial charge in [0.05, 0.1) is 11.7 Å². The summed E-state index contributed by atoms with van der Waals surface area (Å²) in [5, 5.41) is 12.1. The molecule has 1 fully saturated rings. The van der Waals surface area contributed by atoms with Gasteiger partial charge in [0, 0.05) is 39.2 Å². The number of fused-ring (bicyclic) bond motifs is 1. The fourth-order valence-electron chi connectivity index (χ4n) is 11.3. The van der Waals surface area contributed by atoms with Gasteiger partial charge in [0.2, 0.25) is 5.60 Å². The third-order valence-electron chi connectivity index (χ3n) is 15.3. The van der Waals surface area contributed by atoms with Crippen molar-refractivity contribution in [3.8, 4) is 0 Å². The summed E-state index contributed by atoms with van der Waals surface area (Å²) < 4.78 is 6.64. The number of nitrogens with one attached hydrogen (secondary N) is 2. The Labute approximate surface area is 506 Å². The summed E-state index contributed by atoms with van der Waals surface area (Å²) in [4.78, 5) is 65.5. The van der Waals surface area contributed by atoms with Gasteiger partial charge in [-0.1, -0.05) is 283 Å². The van der Waals surface area contributed by atoms with E-state index in [4.69, 9.17) is 37.0 Å². The van der Waals surface area contributed by atoms with E-state index in [1.165, 1.54) is 16.7 Å². The lowest BCUT2D eigenvalue weighted by Gasteiger charge is -2.50. The van der Waals surface area contributed by atoms with Crippen LogP contribution in [0.3, 0.4) is 0 Å². The van der Waals surface area contributed by atoms with Crippen LogP contribution in [0.2, 0.25) is 4.34 Å². The lowest BCUT2D eigenvalue weighted by atomic mass is 9.77. The van der Waals surface area contributed by atoms with Crippen LogP contribution in [0.1, 0.15) is 74.8 Å². The topological polar surface area (TPSA) is 161 Å². The first-order chi connectivity index (χ1) is 41.8. The molecule has 0 aliphatic carbocycles. The number of hydrogen-bond acceptors (Lipinski definition) is 12. The molecule has 0 bridgehead atoms. The van der Waals surface area contributed by atoms with Crippen molar-refractivity contribution < 1.29 is 24.0 Å². The molecule has 2 amide bonds. The maximum atomic E-state index is 15.7. The standard InChI is InChI=1S/C70H56ClN7O5S2/c71-64-60(75-68(85-64)76-69(49-30-13-3-14-31-49,50-32-15-4-16-33-50)51-34-17-5-18-35-51)61(77-83-70(52-36-19-6-20-37-52,53-38-21-7-22-39-53)54-40-23-8-24-41-54)65(79)74-59-56-43-44-58(84-57-42-25-45-73-55(57)46-72)62(78(56)66(59)80)67(81)82-63(47-26-9-1-10-27-47)48-28-11-2-12-29-48/h1-42,45,56,59,63H,43-44,46,72H2,(H,74,79)(H,75,76)/b77-61-/t56-,59+/m1/s1. The van der Waals surface area contributed by atoms with Crippen molar-refractivity contribution >= 4 is 63.3 Å². The number of benzene rings is 8. The number of allylic oxidation sites excluding steroid dienone is 1. The molecule has 4 N–H and O–H groups in total. The second-order valence-corrected chi connectivity index (χ2v) is 23.1. The van der Waals surface area contributed by atoms with Gasteiger partial charge >= 0.3 is 5.97 Å². The van der Waals surface area contributed by atoms with E-state index in [1.807, 2.05) is 212 Å². The fourth-order valence-corrected chi connectivity index (χ4v) is 13.6. The number of anilines is 1. The van der Waals surface area contributed by atoms with Crippen molar-refractivity contribution in [1.29, 1.82) is 0 Å². The molecule has 0 radical (unpaired) electrons. The smallest absolute Gasteiger partial charge is 0.356 e. The van der Waals surface area contributed by atoms with Gasteiger partial charge in [-0.05, 0) is 52.8 Å². The Hall–Kier alpha value is -9.44. The first kappa shape index (κ1) is 56.1. The zero-order chi connectivity index (χ0) is 58.2. The second-order valence-electron chi connectivity index (χ2n) is 20.3. The number of aromatic nitrogens is 2. The van der Waals surface area contributed by atoms with Crippen LogP contribution in [0.15, 0.2) is 282 Å². The summed E-state index contributed by atoms with van der Waals surface area (Å²) in [6, 6.07) is 80.0. The highest BCUT2D eigenvalue weighted by molar-refractivity contribution is 8.03. The summed E-state index contributed by atoms with van der Waals surface area (Å²) >= 11 is 9.88. The molecule has 1 saturated heterocycles. The molecule has 420 valence electrons. The number of pyridine rings is 1. The van der Waals surface area contributed by atoms with Crippen molar-refractivity contribution in [2.75, 3.05) is 5.32 Å². The molecule has 85 heavy (non-hydrogen) atoms. The van der Waals surface area contributed by atoms with Crippen molar-refractivity contribution in [3.63, 3.8) is 0 Å². The fraction of sp³-hybridized carbons (Fsp3) is 0.114. The highest BCUT2D eigenvalue weighted by Crippen LogP contribution is 2.47. The highest BCUT2D eigenvalue weighted by Gasteiger charge is 2.55. The number of hydrogen-bond donors (Lipinski definition) is 3. The number of nitrogens with two attached hydrogens (primary N) is 1. The first-order valence-electron chi connectivity index (χ1n) is 27.8. The molecule has 8 aromatic carbocycles. The maximum absolute atomic E-state index is 15.7. The molecular formula is C70H56ClN7O5S2. The monoisotopic (exact) mass is 1170 g/mol. The SMILES string of the molecule is NCc1ncccc1SC1=C(C(=O)OC(c2ccccc2)c2ccccc2)N2C(=O)[C@@H](NC(=O)/C(=N\OC(c3ccccc3)(c3ccccc3)c3ccccc3)c3nc(NC(c4ccccc4)(c4ccccc4)c4ccccc4)sc3Cl)[C@H]2CC1. The van der Waals surface area contributed by atoms with Crippen LogP contribution in [0.5, 0.6) is 0 Å². The summed E-state index contributed by atoms with van der Waals surface area (Å²) in [5.74, 6) is -2.02. The number of carbonyl (C=O) groups is 3. The molecule has 0 spiro atoms. The molecule has 12 nitrogen and oxygen atoms in total. The minimum absolute atomic E-state index is 0.00741. The molecule has 2 atom stereocenters. The van der Waals surface area contributed by atoms with Crippen molar-refractivity contribution in [1.82, 2.24) is 20.2 Å². The third-order valence-corrected chi connectivity index (χ3v) is 17.7. The molecule has 15 heteroatoms. The van der Waals surface area contributed by atoms with E-state index in [0.29, 0.717) is 28.6 Å². The quantitative estimate of drug-likeness (QED) is 0.0220. The van der Waals surface area contributed by atoms with Gasteiger partial charge in [0.25, 0.3) is 11.8 Å². The minimum Gasteiger partial charge on any atom is -0.448 e. The molecule has 2 aromatic heterocycles. The number of amides is 2. The Morgan fingerprint density at radius 3 is 1.59 bits per heavy atom. The molecule has 0 saturated carbocycles. The van der Waals surface area contributed by atoms with E-state index in [-0.39, 0.29) is 28.0 Å². The van der Waals surface area contributed by atoms with Gasteiger partial charge in [0.15, 0.2) is 16.9 Å². The Balaban J connectivity index is 0.956. The van der Waals surface area contributed by atoms with Crippen LogP contribution in [-0.4, -0.2) is 50.4 Å². The molecule has 4 heterocycles. The van der Waals surface area contributed by atoms with E-state index < -0.39 is 47.1 Å². The number of thioether (sulfide) groups is 1.